The molecule has 1 atom stereocenters. The molecule has 1 aliphatic rings. The fourth-order valence-electron chi connectivity index (χ4n) is 3.05. The molecular weight excluding hydrogens is 328 g/mol. The van der Waals surface area contributed by atoms with Crippen LogP contribution in [0.2, 0.25) is 5.02 Å². The fourth-order valence-corrected chi connectivity index (χ4v) is 3.18. The maximum absolute atomic E-state index is 12.5. The number of hydrogen-bond donors (Lipinski definition) is 0. The molecule has 0 aliphatic carbocycles. The predicted octanol–water partition coefficient (Wildman–Crippen LogP) is 2.47. The summed E-state index contributed by atoms with van der Waals surface area (Å²) in [5.41, 5.74) is 0. The zero-order chi connectivity index (χ0) is 16.9. The lowest BCUT2D eigenvalue weighted by atomic mass is 10.1. The van der Waals surface area contributed by atoms with E-state index in [9.17, 15) is 4.79 Å². The topological polar surface area (TPSA) is 60.2 Å². The van der Waals surface area contributed by atoms with E-state index in [0.717, 1.165) is 38.1 Å². The summed E-state index contributed by atoms with van der Waals surface area (Å²) in [5, 5.41) is 8.65. The Bertz CT molecular complexity index is 686. The summed E-state index contributed by atoms with van der Waals surface area (Å²) in [6, 6.07) is 7.29. The van der Waals surface area contributed by atoms with Gasteiger partial charge in [0.25, 0.3) is 5.91 Å². The van der Waals surface area contributed by atoms with Crippen LogP contribution in [0, 0.1) is 0 Å². The Morgan fingerprint density at radius 1 is 1.38 bits per heavy atom. The van der Waals surface area contributed by atoms with E-state index < -0.39 is 0 Å². The van der Waals surface area contributed by atoms with Crippen molar-refractivity contribution in [3.8, 4) is 5.75 Å². The summed E-state index contributed by atoms with van der Waals surface area (Å²) in [7, 11) is 1.94. The van der Waals surface area contributed by atoms with Gasteiger partial charge in [-0.2, -0.15) is 0 Å². The number of aromatic nitrogens is 3. The second-order valence-corrected chi connectivity index (χ2v) is 6.46. The molecule has 1 unspecified atom stereocenters. The molecule has 0 saturated carbocycles. The zero-order valence-corrected chi connectivity index (χ0v) is 14.4. The van der Waals surface area contributed by atoms with Crippen molar-refractivity contribution in [1.82, 2.24) is 19.7 Å². The third kappa shape index (κ3) is 4.06. The summed E-state index contributed by atoms with van der Waals surface area (Å²) in [4.78, 5) is 14.4. The lowest BCUT2D eigenvalue weighted by Crippen LogP contribution is -2.39. The van der Waals surface area contributed by atoms with Gasteiger partial charge in [-0.05, 0) is 43.5 Å². The summed E-state index contributed by atoms with van der Waals surface area (Å²) in [6.07, 6.45) is 5.50. The molecule has 2 aromatic rings. The number of hydrogen-bond acceptors (Lipinski definition) is 4. The van der Waals surface area contributed by atoms with Crippen LogP contribution in [-0.4, -0.2) is 44.8 Å². The fraction of sp³-hybridized carbons (Fsp3) is 0.471. The number of ether oxygens (including phenoxy) is 1. The van der Waals surface area contributed by atoms with Crippen LogP contribution in [0.5, 0.6) is 5.75 Å². The second-order valence-electron chi connectivity index (χ2n) is 6.02. The van der Waals surface area contributed by atoms with Crippen LogP contribution in [0.4, 0.5) is 0 Å². The smallest absolute Gasteiger partial charge is 0.260 e. The molecule has 1 aliphatic heterocycles. The van der Waals surface area contributed by atoms with Crippen molar-refractivity contribution in [1.29, 1.82) is 0 Å². The van der Waals surface area contributed by atoms with Crippen LogP contribution >= 0.6 is 11.6 Å². The summed E-state index contributed by atoms with van der Waals surface area (Å²) >= 11 is 5.84. The Morgan fingerprint density at radius 2 is 2.17 bits per heavy atom. The Labute approximate surface area is 146 Å². The monoisotopic (exact) mass is 348 g/mol. The van der Waals surface area contributed by atoms with Gasteiger partial charge in [0.15, 0.2) is 6.61 Å². The molecule has 1 amide bonds. The average molecular weight is 349 g/mol. The number of carbonyl (C=O) groups excluding carboxylic acids is 1. The van der Waals surface area contributed by atoms with Gasteiger partial charge in [0.1, 0.15) is 17.9 Å². The first kappa shape index (κ1) is 16.8. The van der Waals surface area contributed by atoms with Crippen LogP contribution in [0.15, 0.2) is 30.6 Å². The highest BCUT2D eigenvalue weighted by Crippen LogP contribution is 2.22. The van der Waals surface area contributed by atoms with Crippen LogP contribution in [0.25, 0.3) is 0 Å². The molecule has 2 heterocycles. The van der Waals surface area contributed by atoms with Gasteiger partial charge in [0.2, 0.25) is 0 Å². The number of likely N-dealkylation sites (tertiary alicyclic amines) is 1. The van der Waals surface area contributed by atoms with Crippen molar-refractivity contribution < 1.29 is 9.53 Å². The quantitative estimate of drug-likeness (QED) is 0.804. The molecule has 1 fully saturated rings. The highest BCUT2D eigenvalue weighted by atomic mass is 35.5. The largest absolute Gasteiger partial charge is 0.484 e. The molecule has 7 heteroatoms. The molecule has 0 spiro atoms. The zero-order valence-electron chi connectivity index (χ0n) is 13.7. The van der Waals surface area contributed by atoms with Crippen LogP contribution in [-0.2, 0) is 18.3 Å². The normalized spacial score (nSPS) is 17.2. The van der Waals surface area contributed by atoms with E-state index in [1.54, 1.807) is 30.6 Å². The SMILES string of the molecule is Cn1cnnc1CCC1CCCN1C(=O)COc1ccc(Cl)cc1. The van der Waals surface area contributed by atoms with Gasteiger partial charge >= 0.3 is 0 Å². The van der Waals surface area contributed by atoms with Crippen LogP contribution in [0.1, 0.15) is 25.1 Å². The van der Waals surface area contributed by atoms with Crippen molar-refractivity contribution in [3.63, 3.8) is 0 Å². The molecule has 0 N–H and O–H groups in total. The minimum atomic E-state index is 0.0328. The van der Waals surface area contributed by atoms with Crippen LogP contribution < -0.4 is 4.74 Å². The molecule has 6 nitrogen and oxygen atoms in total. The number of carbonyl (C=O) groups is 1. The molecule has 3 rings (SSSR count). The van der Waals surface area contributed by atoms with E-state index in [2.05, 4.69) is 10.2 Å². The highest BCUT2D eigenvalue weighted by molar-refractivity contribution is 6.30. The van der Waals surface area contributed by atoms with Crippen molar-refractivity contribution >= 4 is 17.5 Å². The molecule has 128 valence electrons. The third-order valence-electron chi connectivity index (χ3n) is 4.38. The summed E-state index contributed by atoms with van der Waals surface area (Å²) in [5.74, 6) is 1.64. The van der Waals surface area contributed by atoms with Crippen molar-refractivity contribution in [2.45, 2.75) is 31.7 Å². The second kappa shape index (κ2) is 7.66. The number of nitrogens with zero attached hydrogens (tertiary/aromatic N) is 4. The lowest BCUT2D eigenvalue weighted by molar-refractivity contribution is -0.134. The van der Waals surface area contributed by atoms with Gasteiger partial charge in [-0.3, -0.25) is 4.79 Å². The van der Waals surface area contributed by atoms with E-state index >= 15 is 0 Å². The van der Waals surface area contributed by atoms with Gasteiger partial charge < -0.3 is 14.2 Å². The first-order valence-corrected chi connectivity index (χ1v) is 8.52. The minimum Gasteiger partial charge on any atom is -0.484 e. The van der Waals surface area contributed by atoms with Crippen molar-refractivity contribution in [2.24, 2.45) is 7.05 Å². The number of aryl methyl sites for hydroxylation is 2. The highest BCUT2D eigenvalue weighted by Gasteiger charge is 2.28. The first-order valence-electron chi connectivity index (χ1n) is 8.14. The van der Waals surface area contributed by atoms with E-state index in [0.29, 0.717) is 10.8 Å². The Morgan fingerprint density at radius 3 is 2.88 bits per heavy atom. The predicted molar refractivity (Wildman–Crippen MR) is 91.0 cm³/mol. The third-order valence-corrected chi connectivity index (χ3v) is 4.63. The molecule has 1 aromatic carbocycles. The Hall–Kier alpha value is -2.08. The van der Waals surface area contributed by atoms with E-state index in [-0.39, 0.29) is 18.6 Å². The number of amides is 1. The molecule has 1 saturated heterocycles. The minimum absolute atomic E-state index is 0.0328. The average Bonchev–Trinajstić information content (AvgIpc) is 3.21. The van der Waals surface area contributed by atoms with E-state index in [1.165, 1.54) is 0 Å². The number of rotatable bonds is 6. The molecular formula is C17H21ClN4O2. The number of benzene rings is 1. The van der Waals surface area contributed by atoms with Gasteiger partial charge in [0, 0.05) is 31.1 Å². The molecule has 24 heavy (non-hydrogen) atoms. The standard InChI is InChI=1S/C17H21ClN4O2/c1-21-12-19-20-16(21)9-6-14-3-2-10-22(14)17(23)11-24-15-7-4-13(18)5-8-15/h4-5,7-8,12,14H,2-3,6,9-11H2,1H3. The maximum atomic E-state index is 12.5. The maximum Gasteiger partial charge on any atom is 0.260 e. The molecule has 1 aromatic heterocycles. The number of halogens is 1. The van der Waals surface area contributed by atoms with Crippen molar-refractivity contribution in [2.75, 3.05) is 13.2 Å². The molecule has 0 radical (unpaired) electrons. The van der Waals surface area contributed by atoms with Crippen LogP contribution in [0.3, 0.4) is 0 Å². The first-order chi connectivity index (χ1) is 11.6. The Balaban J connectivity index is 1.51. The van der Waals surface area contributed by atoms with Gasteiger partial charge in [-0.25, -0.2) is 0 Å². The Kier molecular flexibility index (Phi) is 5.35. The van der Waals surface area contributed by atoms with E-state index in [4.69, 9.17) is 16.3 Å². The van der Waals surface area contributed by atoms with Gasteiger partial charge in [-0.1, -0.05) is 11.6 Å². The van der Waals surface area contributed by atoms with Crippen molar-refractivity contribution in [3.05, 3.63) is 41.4 Å². The summed E-state index contributed by atoms with van der Waals surface area (Å²) in [6.45, 7) is 0.856. The van der Waals surface area contributed by atoms with Gasteiger partial charge in [-0.15, -0.1) is 10.2 Å². The summed E-state index contributed by atoms with van der Waals surface area (Å²) < 4.78 is 7.50. The molecule has 0 bridgehead atoms. The lowest BCUT2D eigenvalue weighted by Gasteiger charge is -2.24. The van der Waals surface area contributed by atoms with Gasteiger partial charge in [0.05, 0.1) is 0 Å². The van der Waals surface area contributed by atoms with E-state index in [1.807, 2.05) is 16.5 Å².